The molecular formula is C15H15ClFNO. The van der Waals surface area contributed by atoms with Gasteiger partial charge in [0.25, 0.3) is 0 Å². The topological polar surface area (TPSA) is 21.3 Å². The summed E-state index contributed by atoms with van der Waals surface area (Å²) >= 11 is 6.01. The molecule has 0 aliphatic heterocycles. The molecule has 2 rings (SSSR count). The predicted molar refractivity (Wildman–Crippen MR) is 76.0 cm³/mol. The smallest absolute Gasteiger partial charge is 0.125 e. The zero-order valence-electron chi connectivity index (χ0n) is 10.4. The molecule has 0 unspecified atom stereocenters. The van der Waals surface area contributed by atoms with Gasteiger partial charge in [0, 0.05) is 17.3 Å². The molecule has 2 nitrogen and oxygen atoms in total. The minimum absolute atomic E-state index is 0.248. The van der Waals surface area contributed by atoms with Gasteiger partial charge >= 0.3 is 0 Å². The Morgan fingerprint density at radius 3 is 2.74 bits per heavy atom. The summed E-state index contributed by atoms with van der Waals surface area (Å²) in [5, 5.41) is 3.80. The molecule has 0 spiro atoms. The number of hydrogen-bond donors (Lipinski definition) is 1. The fourth-order valence-corrected chi connectivity index (χ4v) is 1.85. The van der Waals surface area contributed by atoms with Crippen molar-refractivity contribution in [1.82, 2.24) is 0 Å². The van der Waals surface area contributed by atoms with Gasteiger partial charge in [-0.3, -0.25) is 0 Å². The third-order valence-corrected chi connectivity index (χ3v) is 2.98. The maximum atomic E-state index is 12.9. The summed E-state index contributed by atoms with van der Waals surface area (Å²) in [5.74, 6) is -0.248. The second kappa shape index (κ2) is 7.12. The van der Waals surface area contributed by atoms with E-state index in [0.29, 0.717) is 24.8 Å². The summed E-state index contributed by atoms with van der Waals surface area (Å²) in [6, 6.07) is 13.9. The van der Waals surface area contributed by atoms with Crippen LogP contribution in [0.4, 0.5) is 10.1 Å². The van der Waals surface area contributed by atoms with Crippen LogP contribution < -0.4 is 5.32 Å². The Bertz CT molecular complexity index is 533. The van der Waals surface area contributed by atoms with Crippen LogP contribution in [-0.4, -0.2) is 13.2 Å². The van der Waals surface area contributed by atoms with E-state index in [1.165, 1.54) is 12.1 Å². The molecule has 19 heavy (non-hydrogen) atoms. The SMILES string of the molecule is Fc1cccc(NCCOCc2ccccc2Cl)c1. The summed E-state index contributed by atoms with van der Waals surface area (Å²) in [5.41, 5.74) is 1.72. The number of hydrogen-bond acceptors (Lipinski definition) is 2. The van der Waals surface area contributed by atoms with Gasteiger partial charge in [0.05, 0.1) is 13.2 Å². The minimum atomic E-state index is -0.248. The van der Waals surface area contributed by atoms with Gasteiger partial charge in [-0.1, -0.05) is 35.9 Å². The molecule has 0 saturated heterocycles. The van der Waals surface area contributed by atoms with E-state index in [2.05, 4.69) is 5.32 Å². The van der Waals surface area contributed by atoms with Gasteiger partial charge in [0.2, 0.25) is 0 Å². The van der Waals surface area contributed by atoms with Crippen LogP contribution in [0.15, 0.2) is 48.5 Å². The second-order valence-electron chi connectivity index (χ2n) is 4.08. The highest BCUT2D eigenvalue weighted by atomic mass is 35.5. The minimum Gasteiger partial charge on any atom is -0.383 e. The molecule has 0 radical (unpaired) electrons. The standard InChI is InChI=1S/C15H15ClFNO/c16-15-7-2-1-4-12(15)11-19-9-8-18-14-6-3-5-13(17)10-14/h1-7,10,18H,8-9,11H2. The van der Waals surface area contributed by atoms with Crippen molar-refractivity contribution in [2.75, 3.05) is 18.5 Å². The lowest BCUT2D eigenvalue weighted by Crippen LogP contribution is -2.09. The first kappa shape index (κ1) is 13.8. The van der Waals surface area contributed by atoms with Crippen molar-refractivity contribution >= 4 is 17.3 Å². The van der Waals surface area contributed by atoms with Gasteiger partial charge in [-0.15, -0.1) is 0 Å². The first-order valence-corrected chi connectivity index (χ1v) is 6.44. The third-order valence-electron chi connectivity index (χ3n) is 2.62. The summed E-state index contributed by atoms with van der Waals surface area (Å²) in [7, 11) is 0. The highest BCUT2D eigenvalue weighted by Gasteiger charge is 1.99. The molecular weight excluding hydrogens is 265 g/mol. The van der Waals surface area contributed by atoms with Gasteiger partial charge in [-0.25, -0.2) is 4.39 Å². The number of rotatable bonds is 6. The van der Waals surface area contributed by atoms with Crippen LogP contribution >= 0.6 is 11.6 Å². The maximum Gasteiger partial charge on any atom is 0.125 e. The van der Waals surface area contributed by atoms with Crippen LogP contribution in [0.5, 0.6) is 0 Å². The van der Waals surface area contributed by atoms with E-state index in [0.717, 1.165) is 11.3 Å². The lowest BCUT2D eigenvalue weighted by Gasteiger charge is -2.08. The third kappa shape index (κ3) is 4.54. The van der Waals surface area contributed by atoms with Crippen molar-refractivity contribution in [3.63, 3.8) is 0 Å². The van der Waals surface area contributed by atoms with Crippen LogP contribution in [0.3, 0.4) is 0 Å². The summed E-state index contributed by atoms with van der Waals surface area (Å²) in [6.07, 6.45) is 0. The highest BCUT2D eigenvalue weighted by molar-refractivity contribution is 6.31. The molecule has 0 aromatic heterocycles. The first-order valence-electron chi connectivity index (χ1n) is 6.06. The molecule has 0 aliphatic carbocycles. The molecule has 0 amide bonds. The first-order chi connectivity index (χ1) is 9.25. The molecule has 2 aromatic rings. The predicted octanol–water partition coefficient (Wildman–Crippen LogP) is 4.11. The van der Waals surface area contributed by atoms with Crippen LogP contribution in [0.2, 0.25) is 5.02 Å². The van der Waals surface area contributed by atoms with E-state index < -0.39 is 0 Å². The molecule has 1 N–H and O–H groups in total. The Morgan fingerprint density at radius 1 is 1.11 bits per heavy atom. The monoisotopic (exact) mass is 279 g/mol. The molecule has 4 heteroatoms. The Labute approximate surface area is 117 Å². The quantitative estimate of drug-likeness (QED) is 0.804. The van der Waals surface area contributed by atoms with Crippen molar-refractivity contribution < 1.29 is 9.13 Å². The summed E-state index contributed by atoms with van der Waals surface area (Å²) < 4.78 is 18.4. The molecule has 2 aromatic carbocycles. The van der Waals surface area contributed by atoms with E-state index >= 15 is 0 Å². The molecule has 100 valence electrons. The van der Waals surface area contributed by atoms with E-state index in [9.17, 15) is 4.39 Å². The molecule has 0 saturated carbocycles. The van der Waals surface area contributed by atoms with E-state index in [-0.39, 0.29) is 5.82 Å². The zero-order chi connectivity index (χ0) is 13.5. The van der Waals surface area contributed by atoms with Crippen LogP contribution in [0.25, 0.3) is 0 Å². The fraction of sp³-hybridized carbons (Fsp3) is 0.200. The molecule has 0 fully saturated rings. The average Bonchev–Trinajstić information content (AvgIpc) is 2.40. The van der Waals surface area contributed by atoms with Crippen LogP contribution in [-0.2, 0) is 11.3 Å². The van der Waals surface area contributed by atoms with E-state index in [1.54, 1.807) is 6.07 Å². The fourth-order valence-electron chi connectivity index (χ4n) is 1.66. The second-order valence-corrected chi connectivity index (χ2v) is 4.49. The van der Waals surface area contributed by atoms with Crippen molar-refractivity contribution in [2.45, 2.75) is 6.61 Å². The lowest BCUT2D eigenvalue weighted by molar-refractivity contribution is 0.130. The molecule has 0 aliphatic rings. The number of halogens is 2. The number of anilines is 1. The average molecular weight is 280 g/mol. The molecule has 0 heterocycles. The summed E-state index contributed by atoms with van der Waals surface area (Å²) in [6.45, 7) is 1.63. The number of ether oxygens (including phenoxy) is 1. The lowest BCUT2D eigenvalue weighted by atomic mass is 10.2. The maximum absolute atomic E-state index is 12.9. The highest BCUT2D eigenvalue weighted by Crippen LogP contribution is 2.15. The van der Waals surface area contributed by atoms with Crippen LogP contribution in [0, 0.1) is 5.82 Å². The van der Waals surface area contributed by atoms with Gasteiger partial charge in [0.15, 0.2) is 0 Å². The number of benzene rings is 2. The Kier molecular flexibility index (Phi) is 5.19. The zero-order valence-corrected chi connectivity index (χ0v) is 11.2. The summed E-state index contributed by atoms with van der Waals surface area (Å²) in [4.78, 5) is 0. The Hall–Kier alpha value is -1.58. The van der Waals surface area contributed by atoms with Gasteiger partial charge in [-0.05, 0) is 29.8 Å². The largest absolute Gasteiger partial charge is 0.383 e. The van der Waals surface area contributed by atoms with Crippen molar-refractivity contribution in [1.29, 1.82) is 0 Å². The van der Waals surface area contributed by atoms with E-state index in [4.69, 9.17) is 16.3 Å². The van der Waals surface area contributed by atoms with Gasteiger partial charge in [0.1, 0.15) is 5.82 Å². The Morgan fingerprint density at radius 2 is 1.95 bits per heavy atom. The van der Waals surface area contributed by atoms with Crippen molar-refractivity contribution in [3.05, 3.63) is 64.9 Å². The van der Waals surface area contributed by atoms with Crippen molar-refractivity contribution in [2.24, 2.45) is 0 Å². The van der Waals surface area contributed by atoms with Crippen molar-refractivity contribution in [3.8, 4) is 0 Å². The number of nitrogens with one attached hydrogen (secondary N) is 1. The molecule has 0 bridgehead atoms. The Balaban J connectivity index is 1.69. The normalized spacial score (nSPS) is 10.4. The van der Waals surface area contributed by atoms with E-state index in [1.807, 2.05) is 30.3 Å². The van der Waals surface area contributed by atoms with Crippen LogP contribution in [0.1, 0.15) is 5.56 Å². The van der Waals surface area contributed by atoms with Gasteiger partial charge in [-0.2, -0.15) is 0 Å². The molecule has 0 atom stereocenters. The van der Waals surface area contributed by atoms with Gasteiger partial charge < -0.3 is 10.1 Å².